The highest BCUT2D eigenvalue weighted by Gasteiger charge is 2.21. The predicted molar refractivity (Wildman–Crippen MR) is 62.2 cm³/mol. The standard InChI is InChI=1S/C11H23N3O/c1-9(2)15-7-6-14-5-3-4-10(8-14)11(12)13/h9-10H,3-8H2,1-2H3,(H3,12,13). The third kappa shape index (κ3) is 4.62. The van der Waals surface area contributed by atoms with Crippen molar-refractivity contribution in [2.75, 3.05) is 26.2 Å². The quantitative estimate of drug-likeness (QED) is 0.530. The van der Waals surface area contributed by atoms with Crippen LogP contribution >= 0.6 is 0 Å². The first kappa shape index (κ1) is 12.5. The minimum Gasteiger partial charge on any atom is -0.387 e. The minimum absolute atomic E-state index is 0.262. The Hall–Kier alpha value is -0.610. The Kier molecular flexibility index (Phi) is 5.05. The van der Waals surface area contributed by atoms with Gasteiger partial charge in [0.15, 0.2) is 0 Å². The fourth-order valence-electron chi connectivity index (χ4n) is 1.93. The maximum atomic E-state index is 7.44. The molecule has 3 N–H and O–H groups in total. The molecule has 0 aliphatic carbocycles. The van der Waals surface area contributed by atoms with Crippen LogP contribution in [-0.4, -0.2) is 43.1 Å². The molecule has 0 aromatic heterocycles. The van der Waals surface area contributed by atoms with E-state index < -0.39 is 0 Å². The number of hydrogen-bond acceptors (Lipinski definition) is 3. The molecule has 1 unspecified atom stereocenters. The van der Waals surface area contributed by atoms with E-state index in [0.717, 1.165) is 39.1 Å². The number of ether oxygens (including phenoxy) is 1. The first-order valence-corrected chi connectivity index (χ1v) is 5.77. The first-order valence-electron chi connectivity index (χ1n) is 5.77. The van der Waals surface area contributed by atoms with Crippen molar-refractivity contribution in [1.29, 1.82) is 5.41 Å². The third-order valence-corrected chi connectivity index (χ3v) is 2.80. The molecule has 15 heavy (non-hydrogen) atoms. The molecule has 1 heterocycles. The van der Waals surface area contributed by atoms with Gasteiger partial charge in [0.1, 0.15) is 0 Å². The number of likely N-dealkylation sites (tertiary alicyclic amines) is 1. The van der Waals surface area contributed by atoms with E-state index in [-0.39, 0.29) is 5.92 Å². The van der Waals surface area contributed by atoms with E-state index in [1.807, 2.05) is 0 Å². The molecule has 1 atom stereocenters. The van der Waals surface area contributed by atoms with Gasteiger partial charge in [0, 0.05) is 19.0 Å². The fourth-order valence-corrected chi connectivity index (χ4v) is 1.93. The largest absolute Gasteiger partial charge is 0.387 e. The second-order valence-electron chi connectivity index (χ2n) is 4.51. The van der Waals surface area contributed by atoms with Crippen molar-refractivity contribution in [2.24, 2.45) is 11.7 Å². The van der Waals surface area contributed by atoms with Gasteiger partial charge in [-0.05, 0) is 33.2 Å². The Morgan fingerprint density at radius 3 is 2.93 bits per heavy atom. The average molecular weight is 213 g/mol. The van der Waals surface area contributed by atoms with E-state index in [2.05, 4.69) is 18.7 Å². The Morgan fingerprint density at radius 1 is 1.60 bits per heavy atom. The van der Waals surface area contributed by atoms with Crippen LogP contribution in [0.1, 0.15) is 26.7 Å². The molecule has 0 amide bonds. The maximum absolute atomic E-state index is 7.44. The summed E-state index contributed by atoms with van der Waals surface area (Å²) in [7, 11) is 0. The fraction of sp³-hybridized carbons (Fsp3) is 0.909. The second-order valence-corrected chi connectivity index (χ2v) is 4.51. The molecular formula is C11H23N3O. The van der Waals surface area contributed by atoms with E-state index >= 15 is 0 Å². The number of rotatable bonds is 5. The molecule has 1 aliphatic heterocycles. The van der Waals surface area contributed by atoms with Crippen LogP contribution in [0, 0.1) is 11.3 Å². The van der Waals surface area contributed by atoms with Crippen LogP contribution in [0.25, 0.3) is 0 Å². The highest BCUT2D eigenvalue weighted by atomic mass is 16.5. The van der Waals surface area contributed by atoms with E-state index in [9.17, 15) is 0 Å². The van der Waals surface area contributed by atoms with Crippen LogP contribution < -0.4 is 5.73 Å². The summed E-state index contributed by atoms with van der Waals surface area (Å²) in [5.41, 5.74) is 5.53. The molecule has 88 valence electrons. The highest BCUT2D eigenvalue weighted by molar-refractivity contribution is 5.79. The Labute approximate surface area is 92.3 Å². The summed E-state index contributed by atoms with van der Waals surface area (Å²) in [4.78, 5) is 2.35. The van der Waals surface area contributed by atoms with E-state index in [0.29, 0.717) is 11.9 Å². The van der Waals surface area contributed by atoms with E-state index in [4.69, 9.17) is 15.9 Å². The van der Waals surface area contributed by atoms with Crippen molar-refractivity contribution >= 4 is 5.84 Å². The van der Waals surface area contributed by atoms with Crippen molar-refractivity contribution in [3.8, 4) is 0 Å². The Balaban J connectivity index is 2.21. The monoisotopic (exact) mass is 213 g/mol. The van der Waals surface area contributed by atoms with Crippen molar-refractivity contribution in [1.82, 2.24) is 4.90 Å². The SMILES string of the molecule is CC(C)OCCN1CCCC(C(=N)N)C1. The van der Waals surface area contributed by atoms with Gasteiger partial charge < -0.3 is 15.4 Å². The summed E-state index contributed by atoms with van der Waals surface area (Å²) in [5.74, 6) is 0.599. The molecule has 0 spiro atoms. The maximum Gasteiger partial charge on any atom is 0.0949 e. The minimum atomic E-state index is 0.262. The zero-order chi connectivity index (χ0) is 11.3. The molecule has 4 heteroatoms. The molecule has 0 bridgehead atoms. The third-order valence-electron chi connectivity index (χ3n) is 2.80. The van der Waals surface area contributed by atoms with Crippen molar-refractivity contribution in [2.45, 2.75) is 32.8 Å². The lowest BCUT2D eigenvalue weighted by Crippen LogP contribution is -2.42. The van der Waals surface area contributed by atoms with E-state index in [1.165, 1.54) is 0 Å². The van der Waals surface area contributed by atoms with Gasteiger partial charge in [-0.15, -0.1) is 0 Å². The molecule has 4 nitrogen and oxygen atoms in total. The Morgan fingerprint density at radius 2 is 2.33 bits per heavy atom. The van der Waals surface area contributed by atoms with Crippen LogP contribution in [0.15, 0.2) is 0 Å². The normalized spacial score (nSPS) is 23.3. The van der Waals surface area contributed by atoms with Gasteiger partial charge >= 0.3 is 0 Å². The van der Waals surface area contributed by atoms with Gasteiger partial charge in [0.2, 0.25) is 0 Å². The van der Waals surface area contributed by atoms with Crippen molar-refractivity contribution in [3.63, 3.8) is 0 Å². The van der Waals surface area contributed by atoms with Gasteiger partial charge in [0.25, 0.3) is 0 Å². The lowest BCUT2D eigenvalue weighted by molar-refractivity contribution is 0.0523. The molecule has 0 aromatic carbocycles. The molecule has 0 radical (unpaired) electrons. The number of nitrogens with zero attached hydrogens (tertiary/aromatic N) is 1. The summed E-state index contributed by atoms with van der Waals surface area (Å²) < 4.78 is 5.51. The van der Waals surface area contributed by atoms with Crippen LogP contribution in [0.3, 0.4) is 0 Å². The van der Waals surface area contributed by atoms with Crippen LogP contribution in [-0.2, 0) is 4.74 Å². The van der Waals surface area contributed by atoms with Gasteiger partial charge in [-0.25, -0.2) is 0 Å². The van der Waals surface area contributed by atoms with Gasteiger partial charge in [-0.3, -0.25) is 5.41 Å². The first-order chi connectivity index (χ1) is 7.09. The summed E-state index contributed by atoms with van der Waals surface area (Å²) in [6.45, 7) is 7.88. The van der Waals surface area contributed by atoms with E-state index in [1.54, 1.807) is 0 Å². The number of hydrogen-bond donors (Lipinski definition) is 2. The zero-order valence-corrected chi connectivity index (χ0v) is 9.83. The molecule has 1 rings (SSSR count). The van der Waals surface area contributed by atoms with Gasteiger partial charge in [-0.2, -0.15) is 0 Å². The molecular weight excluding hydrogens is 190 g/mol. The smallest absolute Gasteiger partial charge is 0.0949 e. The van der Waals surface area contributed by atoms with Gasteiger partial charge in [0.05, 0.1) is 18.5 Å². The van der Waals surface area contributed by atoms with Crippen LogP contribution in [0.4, 0.5) is 0 Å². The molecule has 1 aliphatic rings. The summed E-state index contributed by atoms with van der Waals surface area (Å²) >= 11 is 0. The zero-order valence-electron chi connectivity index (χ0n) is 9.83. The number of nitrogens with one attached hydrogen (secondary N) is 1. The highest BCUT2D eigenvalue weighted by Crippen LogP contribution is 2.15. The molecule has 0 saturated carbocycles. The number of nitrogens with two attached hydrogens (primary N) is 1. The number of piperidine rings is 1. The summed E-state index contributed by atoms with van der Waals surface area (Å²) in [6.07, 6.45) is 2.52. The molecule has 1 saturated heterocycles. The second kappa shape index (κ2) is 6.08. The summed E-state index contributed by atoms with van der Waals surface area (Å²) in [5, 5.41) is 7.44. The predicted octanol–water partition coefficient (Wildman–Crippen LogP) is 1.06. The lowest BCUT2D eigenvalue weighted by atomic mass is 9.97. The lowest BCUT2D eigenvalue weighted by Gasteiger charge is -2.32. The average Bonchev–Trinajstić information content (AvgIpc) is 2.17. The van der Waals surface area contributed by atoms with Crippen molar-refractivity contribution < 1.29 is 4.74 Å². The number of amidine groups is 1. The van der Waals surface area contributed by atoms with Crippen LogP contribution in [0.5, 0.6) is 0 Å². The van der Waals surface area contributed by atoms with Crippen molar-refractivity contribution in [3.05, 3.63) is 0 Å². The Bertz CT molecular complexity index is 206. The van der Waals surface area contributed by atoms with Gasteiger partial charge in [-0.1, -0.05) is 0 Å². The van der Waals surface area contributed by atoms with Crippen LogP contribution in [0.2, 0.25) is 0 Å². The summed E-state index contributed by atoms with van der Waals surface area (Å²) in [6, 6.07) is 0. The topological polar surface area (TPSA) is 62.3 Å². The molecule has 1 fully saturated rings. The molecule has 0 aromatic rings.